The molecule has 1 aliphatic rings. The highest BCUT2D eigenvalue weighted by Crippen LogP contribution is 2.14. The number of carbonyl (C=O) groups is 1. The SMILES string of the molecule is O=C1CCN(Cc2cncc(Br)c2)CC1. The molecule has 0 atom stereocenters. The van der Waals surface area contributed by atoms with Crippen LogP contribution in [0.15, 0.2) is 22.9 Å². The first-order valence-electron chi connectivity index (χ1n) is 5.07. The normalized spacial score (nSPS) is 18.1. The lowest BCUT2D eigenvalue weighted by atomic mass is 10.1. The van der Waals surface area contributed by atoms with E-state index >= 15 is 0 Å². The molecule has 1 saturated heterocycles. The molecule has 0 aliphatic carbocycles. The number of hydrogen-bond donors (Lipinski definition) is 0. The molecule has 0 amide bonds. The van der Waals surface area contributed by atoms with Crippen LogP contribution in [0.2, 0.25) is 0 Å². The van der Waals surface area contributed by atoms with Gasteiger partial charge in [-0.3, -0.25) is 14.7 Å². The Morgan fingerprint density at radius 2 is 2.07 bits per heavy atom. The fourth-order valence-corrected chi connectivity index (χ4v) is 2.17. The topological polar surface area (TPSA) is 33.2 Å². The molecular weight excluding hydrogens is 256 g/mol. The van der Waals surface area contributed by atoms with Crippen molar-refractivity contribution in [2.45, 2.75) is 19.4 Å². The van der Waals surface area contributed by atoms with Crippen molar-refractivity contribution in [3.63, 3.8) is 0 Å². The molecule has 2 heterocycles. The highest BCUT2D eigenvalue weighted by molar-refractivity contribution is 9.10. The Hall–Kier alpha value is -0.740. The smallest absolute Gasteiger partial charge is 0.135 e. The van der Waals surface area contributed by atoms with Crippen molar-refractivity contribution in [2.75, 3.05) is 13.1 Å². The molecule has 0 bridgehead atoms. The number of pyridine rings is 1. The fourth-order valence-electron chi connectivity index (χ4n) is 1.76. The second kappa shape index (κ2) is 4.86. The number of ketones is 1. The van der Waals surface area contributed by atoms with Gasteiger partial charge in [-0.2, -0.15) is 0 Å². The van der Waals surface area contributed by atoms with Crippen LogP contribution < -0.4 is 0 Å². The van der Waals surface area contributed by atoms with Crippen molar-refractivity contribution in [3.05, 3.63) is 28.5 Å². The van der Waals surface area contributed by atoms with Gasteiger partial charge in [0.2, 0.25) is 0 Å². The van der Waals surface area contributed by atoms with Gasteiger partial charge in [0.25, 0.3) is 0 Å². The molecule has 2 rings (SSSR count). The van der Waals surface area contributed by atoms with Crippen LogP contribution in [0, 0.1) is 0 Å². The molecule has 1 aromatic rings. The Morgan fingerprint density at radius 1 is 1.33 bits per heavy atom. The van der Waals surface area contributed by atoms with Crippen LogP contribution in [0.25, 0.3) is 0 Å². The summed E-state index contributed by atoms with van der Waals surface area (Å²) in [6, 6.07) is 2.07. The van der Waals surface area contributed by atoms with Crippen LogP contribution in [0.5, 0.6) is 0 Å². The lowest BCUT2D eigenvalue weighted by molar-refractivity contribution is -0.121. The minimum atomic E-state index is 0.388. The molecule has 0 saturated carbocycles. The Morgan fingerprint density at radius 3 is 2.73 bits per heavy atom. The van der Waals surface area contributed by atoms with Gasteiger partial charge in [0.15, 0.2) is 0 Å². The number of carbonyl (C=O) groups excluding carboxylic acids is 1. The van der Waals surface area contributed by atoms with Gasteiger partial charge in [-0.15, -0.1) is 0 Å². The maximum Gasteiger partial charge on any atom is 0.135 e. The molecule has 1 aromatic heterocycles. The van der Waals surface area contributed by atoms with E-state index in [-0.39, 0.29) is 0 Å². The minimum Gasteiger partial charge on any atom is -0.300 e. The van der Waals surface area contributed by atoms with Crippen LogP contribution in [-0.2, 0) is 11.3 Å². The van der Waals surface area contributed by atoms with Crippen molar-refractivity contribution >= 4 is 21.7 Å². The van der Waals surface area contributed by atoms with E-state index in [1.807, 2.05) is 6.20 Å². The lowest BCUT2D eigenvalue weighted by Crippen LogP contribution is -2.33. The maximum atomic E-state index is 11.1. The Kier molecular flexibility index (Phi) is 3.49. The first-order chi connectivity index (χ1) is 7.24. The molecule has 0 unspecified atom stereocenters. The summed E-state index contributed by atoms with van der Waals surface area (Å²) in [4.78, 5) is 17.5. The second-order valence-electron chi connectivity index (χ2n) is 3.83. The van der Waals surface area contributed by atoms with Crippen molar-refractivity contribution in [1.82, 2.24) is 9.88 Å². The van der Waals surface area contributed by atoms with Gasteiger partial charge in [0.1, 0.15) is 5.78 Å². The molecular formula is C11H13BrN2O. The summed E-state index contributed by atoms with van der Waals surface area (Å²) in [5.41, 5.74) is 1.19. The van der Waals surface area contributed by atoms with E-state index in [1.165, 1.54) is 5.56 Å². The number of piperidine rings is 1. The van der Waals surface area contributed by atoms with Gasteiger partial charge in [0.05, 0.1) is 0 Å². The van der Waals surface area contributed by atoms with Crippen LogP contribution in [0.3, 0.4) is 0 Å². The molecule has 0 spiro atoms. The van der Waals surface area contributed by atoms with E-state index < -0.39 is 0 Å². The fraction of sp³-hybridized carbons (Fsp3) is 0.455. The zero-order chi connectivity index (χ0) is 10.7. The molecule has 4 heteroatoms. The van der Waals surface area contributed by atoms with E-state index in [9.17, 15) is 4.79 Å². The summed E-state index contributed by atoms with van der Waals surface area (Å²) in [5.74, 6) is 0.388. The first-order valence-corrected chi connectivity index (χ1v) is 5.87. The van der Waals surface area contributed by atoms with Crippen molar-refractivity contribution in [1.29, 1.82) is 0 Å². The molecule has 1 fully saturated rings. The number of halogens is 1. The number of likely N-dealkylation sites (tertiary alicyclic amines) is 1. The highest BCUT2D eigenvalue weighted by atomic mass is 79.9. The predicted octanol–water partition coefficient (Wildman–Crippen LogP) is 2.01. The molecule has 3 nitrogen and oxygen atoms in total. The molecule has 0 aromatic carbocycles. The number of hydrogen-bond acceptors (Lipinski definition) is 3. The number of rotatable bonds is 2. The minimum absolute atomic E-state index is 0.388. The van der Waals surface area contributed by atoms with Crippen LogP contribution in [0.4, 0.5) is 0 Å². The summed E-state index contributed by atoms with van der Waals surface area (Å²) in [6.07, 6.45) is 5.05. The van der Waals surface area contributed by atoms with Gasteiger partial charge in [-0.25, -0.2) is 0 Å². The monoisotopic (exact) mass is 268 g/mol. The van der Waals surface area contributed by atoms with Gasteiger partial charge < -0.3 is 0 Å². The standard InChI is InChI=1S/C11H13BrN2O/c12-10-5-9(6-13-7-10)8-14-3-1-11(15)2-4-14/h5-7H,1-4,8H2. The van der Waals surface area contributed by atoms with Gasteiger partial charge in [-0.1, -0.05) is 0 Å². The van der Waals surface area contributed by atoms with Gasteiger partial charge in [0, 0.05) is 49.3 Å². The third-order valence-electron chi connectivity index (χ3n) is 2.58. The zero-order valence-electron chi connectivity index (χ0n) is 8.45. The van der Waals surface area contributed by atoms with Crippen molar-refractivity contribution in [2.24, 2.45) is 0 Å². The molecule has 15 heavy (non-hydrogen) atoms. The van der Waals surface area contributed by atoms with Gasteiger partial charge in [-0.05, 0) is 27.6 Å². The van der Waals surface area contributed by atoms with E-state index in [2.05, 4.69) is 31.9 Å². The van der Waals surface area contributed by atoms with Crippen molar-refractivity contribution < 1.29 is 4.79 Å². The van der Waals surface area contributed by atoms with E-state index in [1.54, 1.807) is 6.20 Å². The second-order valence-corrected chi connectivity index (χ2v) is 4.74. The Labute approximate surface area is 97.6 Å². The lowest BCUT2D eigenvalue weighted by Gasteiger charge is -2.25. The Balaban J connectivity index is 1.94. The summed E-state index contributed by atoms with van der Waals surface area (Å²) >= 11 is 3.40. The third kappa shape index (κ3) is 3.11. The van der Waals surface area contributed by atoms with Crippen LogP contribution in [0.1, 0.15) is 18.4 Å². The van der Waals surface area contributed by atoms with Crippen molar-refractivity contribution in [3.8, 4) is 0 Å². The third-order valence-corrected chi connectivity index (χ3v) is 3.02. The number of aromatic nitrogens is 1. The summed E-state index contributed by atoms with van der Waals surface area (Å²) in [7, 11) is 0. The molecule has 0 radical (unpaired) electrons. The summed E-state index contributed by atoms with van der Waals surface area (Å²) in [6.45, 7) is 2.65. The zero-order valence-corrected chi connectivity index (χ0v) is 10.0. The van der Waals surface area contributed by atoms with E-state index in [0.717, 1.165) is 24.1 Å². The maximum absolute atomic E-state index is 11.1. The quantitative estimate of drug-likeness (QED) is 0.823. The largest absolute Gasteiger partial charge is 0.300 e. The summed E-state index contributed by atoms with van der Waals surface area (Å²) in [5, 5.41) is 0. The van der Waals surface area contributed by atoms with Crippen LogP contribution >= 0.6 is 15.9 Å². The average Bonchev–Trinajstić information content (AvgIpc) is 2.22. The molecule has 0 N–H and O–H groups in total. The van der Waals surface area contributed by atoms with E-state index in [0.29, 0.717) is 18.6 Å². The van der Waals surface area contributed by atoms with E-state index in [4.69, 9.17) is 0 Å². The number of nitrogens with zero attached hydrogens (tertiary/aromatic N) is 2. The van der Waals surface area contributed by atoms with Gasteiger partial charge >= 0.3 is 0 Å². The highest BCUT2D eigenvalue weighted by Gasteiger charge is 2.15. The molecule has 80 valence electrons. The first kappa shape index (κ1) is 10.8. The van der Waals surface area contributed by atoms with Crippen LogP contribution in [-0.4, -0.2) is 28.8 Å². The number of Topliss-reactive ketones (excluding diaryl/α,β-unsaturated/α-hetero) is 1. The summed E-state index contributed by atoms with van der Waals surface area (Å²) < 4.78 is 1.01. The Bertz CT molecular complexity index is 357. The average molecular weight is 269 g/mol. The predicted molar refractivity (Wildman–Crippen MR) is 61.5 cm³/mol. The molecule has 1 aliphatic heterocycles.